The van der Waals surface area contributed by atoms with Crippen LogP contribution in [-0.2, 0) is 4.79 Å². The second-order valence-corrected chi connectivity index (χ2v) is 4.13. The number of nitrogens with zero attached hydrogens (tertiary/aromatic N) is 1. The molecule has 0 radical (unpaired) electrons. The Hall–Kier alpha value is -0.690. The van der Waals surface area contributed by atoms with Crippen LogP contribution in [0.15, 0.2) is 0 Å². The van der Waals surface area contributed by atoms with Crippen molar-refractivity contribution in [3.05, 3.63) is 0 Å². The van der Waals surface area contributed by atoms with Crippen molar-refractivity contribution in [2.45, 2.75) is 12.5 Å². The van der Waals surface area contributed by atoms with Crippen LogP contribution in [0.2, 0.25) is 0 Å². The minimum absolute atomic E-state index is 0.0407. The molecule has 6 heteroatoms. The third-order valence-corrected chi connectivity index (χ3v) is 2.84. The Kier molecular flexibility index (Phi) is 5.68. The molecule has 1 fully saturated rings. The number of β-amino-alcohol motifs (C(OH)–C–C–N with tert-alkyl or cyclic N) is 1. The Morgan fingerprint density at radius 3 is 2.62 bits per heavy atom. The molecule has 0 aromatic rings. The molecule has 1 aliphatic heterocycles. The van der Waals surface area contributed by atoms with Gasteiger partial charge >= 0.3 is 5.97 Å². The van der Waals surface area contributed by atoms with Crippen LogP contribution in [0.3, 0.4) is 0 Å². The topological polar surface area (TPSA) is 93.0 Å². The van der Waals surface area contributed by atoms with E-state index in [1.165, 1.54) is 0 Å². The zero-order valence-corrected chi connectivity index (χ0v) is 9.30. The number of rotatable bonds is 6. The molecule has 0 bridgehead atoms. The Morgan fingerprint density at radius 2 is 2.06 bits per heavy atom. The van der Waals surface area contributed by atoms with Gasteiger partial charge in [-0.25, -0.2) is 0 Å². The summed E-state index contributed by atoms with van der Waals surface area (Å²) in [5.41, 5.74) is 0. The number of aliphatic hydroxyl groups is 2. The first-order valence-electron chi connectivity index (χ1n) is 5.57. The number of nitrogens with one attached hydrogen (secondary N) is 1. The highest BCUT2D eigenvalue weighted by Crippen LogP contribution is 2.16. The SMILES string of the molecule is O=C(O)C1CC(NCCO)CN(CCO)C1. The van der Waals surface area contributed by atoms with Crippen molar-refractivity contribution >= 4 is 5.97 Å². The minimum atomic E-state index is -0.793. The number of likely N-dealkylation sites (tertiary alicyclic amines) is 1. The molecule has 4 N–H and O–H groups in total. The maximum absolute atomic E-state index is 11.0. The van der Waals surface area contributed by atoms with E-state index < -0.39 is 11.9 Å². The van der Waals surface area contributed by atoms with Gasteiger partial charge in [-0.15, -0.1) is 0 Å². The fourth-order valence-electron chi connectivity index (χ4n) is 2.11. The van der Waals surface area contributed by atoms with Crippen molar-refractivity contribution in [3.63, 3.8) is 0 Å². The first-order valence-corrected chi connectivity index (χ1v) is 5.57. The smallest absolute Gasteiger partial charge is 0.307 e. The molecule has 1 rings (SSSR count). The lowest BCUT2D eigenvalue weighted by atomic mass is 9.94. The van der Waals surface area contributed by atoms with E-state index in [1.807, 2.05) is 4.90 Å². The molecular formula is C10H20N2O4. The molecular weight excluding hydrogens is 212 g/mol. The average Bonchev–Trinajstić information content (AvgIpc) is 2.26. The lowest BCUT2D eigenvalue weighted by molar-refractivity contribution is -0.144. The number of carboxylic acid groups (broad SMARTS) is 1. The van der Waals surface area contributed by atoms with Gasteiger partial charge in [-0.2, -0.15) is 0 Å². The number of aliphatic hydroxyl groups excluding tert-OH is 2. The van der Waals surface area contributed by atoms with E-state index in [0.717, 1.165) is 6.54 Å². The molecule has 16 heavy (non-hydrogen) atoms. The summed E-state index contributed by atoms with van der Waals surface area (Å²) in [6.07, 6.45) is 0.581. The summed E-state index contributed by atoms with van der Waals surface area (Å²) in [6, 6.07) is 0.0774. The third kappa shape index (κ3) is 4.05. The van der Waals surface area contributed by atoms with Crippen LogP contribution in [0.1, 0.15) is 6.42 Å². The normalized spacial score (nSPS) is 26.9. The molecule has 0 aromatic carbocycles. The van der Waals surface area contributed by atoms with Crippen molar-refractivity contribution in [1.82, 2.24) is 10.2 Å². The predicted octanol–water partition coefficient (Wildman–Crippen LogP) is -1.66. The van der Waals surface area contributed by atoms with Gasteiger partial charge in [0.15, 0.2) is 0 Å². The predicted molar refractivity (Wildman–Crippen MR) is 58.1 cm³/mol. The second-order valence-electron chi connectivity index (χ2n) is 4.13. The number of aliphatic carboxylic acids is 1. The van der Waals surface area contributed by atoms with Crippen LogP contribution in [0.5, 0.6) is 0 Å². The van der Waals surface area contributed by atoms with Crippen molar-refractivity contribution in [2.75, 3.05) is 39.4 Å². The van der Waals surface area contributed by atoms with Gasteiger partial charge in [0.1, 0.15) is 0 Å². The first-order chi connectivity index (χ1) is 7.67. The quantitative estimate of drug-likeness (QED) is 0.438. The Bertz CT molecular complexity index is 225. The summed E-state index contributed by atoms with van der Waals surface area (Å²) >= 11 is 0. The highest BCUT2D eigenvalue weighted by molar-refractivity contribution is 5.70. The zero-order valence-electron chi connectivity index (χ0n) is 9.30. The zero-order chi connectivity index (χ0) is 12.0. The van der Waals surface area contributed by atoms with Gasteiger partial charge in [-0.1, -0.05) is 0 Å². The van der Waals surface area contributed by atoms with Crippen molar-refractivity contribution in [2.24, 2.45) is 5.92 Å². The summed E-state index contributed by atoms with van der Waals surface area (Å²) < 4.78 is 0. The highest BCUT2D eigenvalue weighted by atomic mass is 16.4. The number of hydrogen-bond acceptors (Lipinski definition) is 5. The summed E-state index contributed by atoms with van der Waals surface area (Å²) in [6.45, 7) is 2.29. The minimum Gasteiger partial charge on any atom is -0.481 e. The van der Waals surface area contributed by atoms with E-state index in [1.54, 1.807) is 0 Å². The Labute approximate surface area is 94.9 Å². The molecule has 6 nitrogen and oxygen atoms in total. The van der Waals surface area contributed by atoms with E-state index in [0.29, 0.717) is 26.1 Å². The standard InChI is InChI=1S/C10H20N2O4/c13-3-1-11-9-5-8(10(15)16)6-12(7-9)2-4-14/h8-9,11,13-14H,1-7H2,(H,15,16). The maximum Gasteiger partial charge on any atom is 0.307 e. The second kappa shape index (κ2) is 6.80. The Morgan fingerprint density at radius 1 is 1.31 bits per heavy atom. The van der Waals surface area contributed by atoms with Gasteiger partial charge in [-0.3, -0.25) is 9.69 Å². The molecule has 2 atom stereocenters. The fourth-order valence-corrected chi connectivity index (χ4v) is 2.11. The molecule has 1 saturated heterocycles. The van der Waals surface area contributed by atoms with Gasteiger partial charge in [-0.05, 0) is 6.42 Å². The lowest BCUT2D eigenvalue weighted by Crippen LogP contribution is -2.52. The number of hydrogen-bond donors (Lipinski definition) is 4. The molecule has 1 aliphatic rings. The highest BCUT2D eigenvalue weighted by Gasteiger charge is 2.30. The van der Waals surface area contributed by atoms with Crippen LogP contribution in [-0.4, -0.2) is 71.6 Å². The van der Waals surface area contributed by atoms with Crippen molar-refractivity contribution in [3.8, 4) is 0 Å². The average molecular weight is 232 g/mol. The van der Waals surface area contributed by atoms with Crippen LogP contribution in [0.4, 0.5) is 0 Å². The van der Waals surface area contributed by atoms with E-state index in [2.05, 4.69) is 5.32 Å². The van der Waals surface area contributed by atoms with Gasteiger partial charge in [0.25, 0.3) is 0 Å². The molecule has 94 valence electrons. The molecule has 0 aromatic heterocycles. The monoisotopic (exact) mass is 232 g/mol. The van der Waals surface area contributed by atoms with Crippen molar-refractivity contribution < 1.29 is 20.1 Å². The van der Waals surface area contributed by atoms with Crippen LogP contribution < -0.4 is 5.32 Å². The van der Waals surface area contributed by atoms with Crippen LogP contribution >= 0.6 is 0 Å². The third-order valence-electron chi connectivity index (χ3n) is 2.84. The Balaban J connectivity index is 2.48. The molecule has 0 aliphatic carbocycles. The van der Waals surface area contributed by atoms with Crippen LogP contribution in [0.25, 0.3) is 0 Å². The number of piperidine rings is 1. The van der Waals surface area contributed by atoms with E-state index in [9.17, 15) is 4.79 Å². The molecule has 1 heterocycles. The lowest BCUT2D eigenvalue weighted by Gasteiger charge is -2.36. The summed E-state index contributed by atoms with van der Waals surface area (Å²) in [7, 11) is 0. The van der Waals surface area contributed by atoms with Gasteiger partial charge in [0, 0.05) is 32.2 Å². The van der Waals surface area contributed by atoms with Crippen LogP contribution in [0, 0.1) is 5.92 Å². The molecule has 0 amide bonds. The molecule has 0 spiro atoms. The van der Waals surface area contributed by atoms with Gasteiger partial charge in [0.05, 0.1) is 19.1 Å². The van der Waals surface area contributed by atoms with Crippen molar-refractivity contribution in [1.29, 1.82) is 0 Å². The first kappa shape index (κ1) is 13.4. The summed E-state index contributed by atoms with van der Waals surface area (Å²) in [4.78, 5) is 12.9. The van der Waals surface area contributed by atoms with E-state index in [4.69, 9.17) is 15.3 Å². The van der Waals surface area contributed by atoms with E-state index in [-0.39, 0.29) is 19.3 Å². The summed E-state index contributed by atoms with van der Waals surface area (Å²) in [5.74, 6) is -1.19. The number of carboxylic acids is 1. The number of carbonyl (C=O) groups is 1. The maximum atomic E-state index is 11.0. The molecule has 0 saturated carbocycles. The molecule has 2 unspecified atom stereocenters. The summed E-state index contributed by atoms with van der Waals surface area (Å²) in [5, 5.41) is 29.7. The van der Waals surface area contributed by atoms with Gasteiger partial charge < -0.3 is 20.6 Å². The largest absolute Gasteiger partial charge is 0.481 e. The van der Waals surface area contributed by atoms with Gasteiger partial charge in [0.2, 0.25) is 0 Å². The fraction of sp³-hybridized carbons (Fsp3) is 0.900. The van der Waals surface area contributed by atoms with E-state index >= 15 is 0 Å².